The Hall–Kier alpha value is -3.60. The molecule has 0 amide bonds. The van der Waals surface area contributed by atoms with E-state index in [0.717, 1.165) is 24.7 Å². The molecule has 4 aromatic rings. The lowest BCUT2D eigenvalue weighted by Gasteiger charge is -2.01. The molecule has 0 spiro atoms. The standard InChI is InChI=1S/C12H10.2C9H10O2.2C3H8.C2H6/c1-3-7-11(8-4-1)12-9-5-2-6-10-12;2*1-2-4-8(5-3-1)10-6-9-7-11-9;2*1-3-2;1-2/h1-10H;2*1-5,9H,6-7H2;2*3H2,1-2H3;1-2H3. The fourth-order valence-electron chi connectivity index (χ4n) is 3.00. The van der Waals surface area contributed by atoms with Gasteiger partial charge in [-0.3, -0.25) is 0 Å². The van der Waals surface area contributed by atoms with Gasteiger partial charge in [-0.15, -0.1) is 0 Å². The van der Waals surface area contributed by atoms with Crippen molar-refractivity contribution in [3.63, 3.8) is 0 Å². The third kappa shape index (κ3) is 19.5. The van der Waals surface area contributed by atoms with Crippen molar-refractivity contribution in [3.8, 4) is 22.6 Å². The van der Waals surface area contributed by atoms with Crippen LogP contribution in [-0.4, -0.2) is 38.6 Å². The third-order valence-electron chi connectivity index (χ3n) is 5.04. The zero-order chi connectivity index (χ0) is 30.7. The number of hydrogen-bond donors (Lipinski definition) is 0. The van der Waals surface area contributed by atoms with Crippen LogP contribution >= 0.6 is 0 Å². The minimum Gasteiger partial charge on any atom is -0.491 e. The van der Waals surface area contributed by atoms with Crippen molar-refractivity contribution in [2.75, 3.05) is 26.4 Å². The van der Waals surface area contributed by atoms with Gasteiger partial charge in [-0.05, 0) is 35.4 Å². The summed E-state index contributed by atoms with van der Waals surface area (Å²) in [5.41, 5.74) is 2.55. The molecule has 4 heteroatoms. The van der Waals surface area contributed by atoms with E-state index in [1.54, 1.807) is 0 Å². The Balaban J connectivity index is 0.000000280. The highest BCUT2D eigenvalue weighted by molar-refractivity contribution is 5.62. The average Bonchev–Trinajstić information content (AvgIpc) is 4.00. The summed E-state index contributed by atoms with van der Waals surface area (Å²) in [5, 5.41) is 0. The molecule has 2 saturated heterocycles. The van der Waals surface area contributed by atoms with Crippen molar-refractivity contribution in [1.29, 1.82) is 0 Å². The molecule has 0 saturated carbocycles. The summed E-state index contributed by atoms with van der Waals surface area (Å²) in [6.45, 7) is 15.6. The van der Waals surface area contributed by atoms with E-state index in [2.05, 4.69) is 76.2 Å². The predicted octanol–water partition coefficient (Wildman–Crippen LogP) is 10.1. The second-order valence-corrected chi connectivity index (χ2v) is 9.31. The maximum absolute atomic E-state index is 5.40. The van der Waals surface area contributed by atoms with Crippen LogP contribution in [0.1, 0.15) is 54.4 Å². The second kappa shape index (κ2) is 25.1. The molecule has 2 unspecified atom stereocenters. The molecule has 0 radical (unpaired) electrons. The van der Waals surface area contributed by atoms with E-state index in [-0.39, 0.29) is 0 Å². The van der Waals surface area contributed by atoms with Crippen LogP contribution in [0, 0.1) is 0 Å². The summed E-state index contributed by atoms with van der Waals surface area (Å²) >= 11 is 0. The van der Waals surface area contributed by atoms with Crippen molar-refractivity contribution in [1.82, 2.24) is 0 Å². The summed E-state index contributed by atoms with van der Waals surface area (Å²) in [5.74, 6) is 1.84. The summed E-state index contributed by atoms with van der Waals surface area (Å²) in [6, 6.07) is 40.4. The van der Waals surface area contributed by atoms with Crippen molar-refractivity contribution in [2.24, 2.45) is 0 Å². The van der Waals surface area contributed by atoms with E-state index >= 15 is 0 Å². The van der Waals surface area contributed by atoms with Crippen LogP contribution in [0.25, 0.3) is 11.1 Å². The zero-order valence-corrected chi connectivity index (χ0v) is 26.6. The van der Waals surface area contributed by atoms with Crippen LogP contribution in [0.4, 0.5) is 0 Å². The first-order valence-corrected chi connectivity index (χ1v) is 15.4. The molecule has 228 valence electrons. The van der Waals surface area contributed by atoms with Crippen molar-refractivity contribution >= 4 is 0 Å². The Morgan fingerprint density at radius 2 is 0.714 bits per heavy atom. The lowest BCUT2D eigenvalue weighted by molar-refractivity contribution is 0.263. The first-order valence-electron chi connectivity index (χ1n) is 15.4. The normalized spacial score (nSPS) is 14.9. The van der Waals surface area contributed by atoms with Gasteiger partial charge in [-0.25, -0.2) is 0 Å². The number of benzene rings is 4. The largest absolute Gasteiger partial charge is 0.491 e. The van der Waals surface area contributed by atoms with Crippen molar-refractivity contribution in [2.45, 2.75) is 66.6 Å². The molecule has 4 aromatic carbocycles. The van der Waals surface area contributed by atoms with E-state index in [0.29, 0.717) is 25.4 Å². The highest BCUT2D eigenvalue weighted by atomic mass is 16.6. The topological polar surface area (TPSA) is 43.5 Å². The second-order valence-electron chi connectivity index (χ2n) is 9.31. The molecule has 0 N–H and O–H groups in total. The molecule has 0 aliphatic carbocycles. The van der Waals surface area contributed by atoms with Gasteiger partial charge in [0.25, 0.3) is 0 Å². The molecule has 0 aromatic heterocycles. The van der Waals surface area contributed by atoms with Crippen LogP contribution < -0.4 is 9.47 Å². The SMILES string of the molecule is CC.CCC.CCC.c1ccc(-c2ccccc2)cc1.c1ccc(OCC2CO2)cc1.c1ccc(OCC2CO2)cc1. The molecule has 42 heavy (non-hydrogen) atoms. The molecular weight excluding hydrogens is 520 g/mol. The summed E-state index contributed by atoms with van der Waals surface area (Å²) in [4.78, 5) is 0. The van der Waals surface area contributed by atoms with Gasteiger partial charge in [0, 0.05) is 0 Å². The Kier molecular flexibility index (Phi) is 21.8. The van der Waals surface area contributed by atoms with Gasteiger partial charge in [0.1, 0.15) is 36.9 Å². The van der Waals surface area contributed by atoms with Gasteiger partial charge in [0.05, 0.1) is 13.2 Å². The van der Waals surface area contributed by atoms with Gasteiger partial charge in [0.2, 0.25) is 0 Å². The quantitative estimate of drug-likeness (QED) is 0.207. The maximum atomic E-state index is 5.40. The monoisotopic (exact) mass is 572 g/mol. The van der Waals surface area contributed by atoms with Crippen LogP contribution in [0.2, 0.25) is 0 Å². The molecule has 4 nitrogen and oxygen atoms in total. The highest BCUT2D eigenvalue weighted by Crippen LogP contribution is 2.17. The van der Waals surface area contributed by atoms with Crippen molar-refractivity contribution in [3.05, 3.63) is 121 Å². The Labute approximate surface area is 255 Å². The molecular formula is C38H52O4. The Bertz CT molecular complexity index is 990. The van der Waals surface area contributed by atoms with E-state index in [9.17, 15) is 0 Å². The predicted molar refractivity (Wildman–Crippen MR) is 179 cm³/mol. The van der Waals surface area contributed by atoms with Gasteiger partial charge in [-0.1, -0.05) is 151 Å². The fraction of sp³-hybridized carbons (Fsp3) is 0.368. The molecule has 2 atom stereocenters. The van der Waals surface area contributed by atoms with Crippen molar-refractivity contribution < 1.29 is 18.9 Å². The average molecular weight is 573 g/mol. The number of epoxide rings is 2. The fourth-order valence-corrected chi connectivity index (χ4v) is 3.00. The smallest absolute Gasteiger partial charge is 0.119 e. The lowest BCUT2D eigenvalue weighted by Crippen LogP contribution is -2.03. The molecule has 2 fully saturated rings. The first-order chi connectivity index (χ1) is 20.7. The summed E-state index contributed by atoms with van der Waals surface area (Å²) in [7, 11) is 0. The van der Waals surface area contributed by atoms with E-state index < -0.39 is 0 Å². The number of ether oxygens (including phenoxy) is 4. The molecule has 6 rings (SSSR count). The summed E-state index contributed by atoms with van der Waals surface area (Å²) < 4.78 is 20.8. The van der Waals surface area contributed by atoms with Gasteiger partial charge < -0.3 is 18.9 Å². The Morgan fingerprint density at radius 3 is 0.952 bits per heavy atom. The number of para-hydroxylation sites is 2. The first kappa shape index (κ1) is 36.4. The Morgan fingerprint density at radius 1 is 0.476 bits per heavy atom. The minimum atomic E-state index is 0.343. The van der Waals surface area contributed by atoms with E-state index in [1.165, 1.54) is 24.0 Å². The number of hydrogen-bond acceptors (Lipinski definition) is 4. The zero-order valence-electron chi connectivity index (χ0n) is 26.6. The van der Waals surface area contributed by atoms with E-state index in [1.807, 2.05) is 86.6 Å². The van der Waals surface area contributed by atoms with E-state index in [4.69, 9.17) is 18.9 Å². The van der Waals surface area contributed by atoms with Crippen LogP contribution in [-0.2, 0) is 9.47 Å². The van der Waals surface area contributed by atoms with Gasteiger partial charge in [0.15, 0.2) is 0 Å². The molecule has 2 aliphatic heterocycles. The minimum absolute atomic E-state index is 0.343. The highest BCUT2D eigenvalue weighted by Gasteiger charge is 2.23. The lowest BCUT2D eigenvalue weighted by atomic mass is 10.1. The molecule has 0 bridgehead atoms. The van der Waals surface area contributed by atoms with Crippen LogP contribution in [0.5, 0.6) is 11.5 Å². The molecule has 2 heterocycles. The molecule has 2 aliphatic rings. The van der Waals surface area contributed by atoms with Gasteiger partial charge >= 0.3 is 0 Å². The van der Waals surface area contributed by atoms with Crippen LogP contribution in [0.3, 0.4) is 0 Å². The summed E-state index contributed by atoms with van der Waals surface area (Å²) in [6.07, 6.45) is 3.19. The number of rotatable bonds is 7. The maximum Gasteiger partial charge on any atom is 0.119 e. The van der Waals surface area contributed by atoms with Crippen LogP contribution in [0.15, 0.2) is 121 Å². The third-order valence-corrected chi connectivity index (χ3v) is 5.04. The van der Waals surface area contributed by atoms with Gasteiger partial charge in [-0.2, -0.15) is 0 Å².